The number of benzene rings is 1. The maximum atomic E-state index is 11.0. The summed E-state index contributed by atoms with van der Waals surface area (Å²) < 4.78 is 0. The van der Waals surface area contributed by atoms with Gasteiger partial charge in [0.2, 0.25) is 5.91 Å². The predicted octanol–water partition coefficient (Wildman–Crippen LogP) is 2.94. The van der Waals surface area contributed by atoms with Crippen molar-refractivity contribution < 1.29 is 4.79 Å². The highest BCUT2D eigenvalue weighted by atomic mass is 32.2. The van der Waals surface area contributed by atoms with Gasteiger partial charge in [0.15, 0.2) is 5.17 Å². The molecule has 0 bridgehead atoms. The van der Waals surface area contributed by atoms with E-state index in [9.17, 15) is 4.79 Å². The molecule has 19 heavy (non-hydrogen) atoms. The van der Waals surface area contributed by atoms with Crippen molar-refractivity contribution in [3.63, 3.8) is 0 Å². The third kappa shape index (κ3) is 3.29. The van der Waals surface area contributed by atoms with Gasteiger partial charge in [-0.05, 0) is 37.0 Å². The molecule has 5 heteroatoms. The minimum atomic E-state index is -0.0569. The molecule has 1 aliphatic heterocycles. The molecule has 1 amide bonds. The van der Waals surface area contributed by atoms with Crippen LogP contribution in [-0.4, -0.2) is 22.9 Å². The van der Waals surface area contributed by atoms with Crippen LogP contribution in [0.3, 0.4) is 0 Å². The smallest absolute Gasteiger partial charge is 0.221 e. The summed E-state index contributed by atoms with van der Waals surface area (Å²) in [6.07, 6.45) is 2.72. The van der Waals surface area contributed by atoms with Crippen LogP contribution >= 0.6 is 11.8 Å². The first kappa shape index (κ1) is 12.5. The van der Waals surface area contributed by atoms with Gasteiger partial charge in [-0.3, -0.25) is 9.79 Å². The van der Waals surface area contributed by atoms with Gasteiger partial charge in [-0.2, -0.15) is 0 Å². The number of aliphatic imine (C=N–C) groups is 1. The second-order valence-corrected chi connectivity index (χ2v) is 6.25. The zero-order chi connectivity index (χ0) is 13.2. The molecule has 0 radical (unpaired) electrons. The van der Waals surface area contributed by atoms with Crippen molar-refractivity contribution >= 4 is 34.2 Å². The topological polar surface area (TPSA) is 53.5 Å². The monoisotopic (exact) mass is 275 g/mol. The molecule has 0 spiro atoms. The number of anilines is 2. The summed E-state index contributed by atoms with van der Waals surface area (Å²) in [6.45, 7) is 2.44. The number of carbonyl (C=O) groups excluding carboxylic acids is 1. The van der Waals surface area contributed by atoms with Crippen LogP contribution in [0.25, 0.3) is 0 Å². The van der Waals surface area contributed by atoms with Crippen LogP contribution in [0, 0.1) is 5.92 Å². The third-order valence-electron chi connectivity index (χ3n) is 3.26. The highest BCUT2D eigenvalue weighted by molar-refractivity contribution is 8.15. The quantitative estimate of drug-likeness (QED) is 0.891. The molecule has 1 aromatic rings. The second kappa shape index (κ2) is 5.25. The largest absolute Gasteiger partial charge is 0.335 e. The number of carbonyl (C=O) groups is 1. The van der Waals surface area contributed by atoms with E-state index in [0.29, 0.717) is 5.25 Å². The fourth-order valence-electron chi connectivity index (χ4n) is 2.17. The minimum Gasteiger partial charge on any atom is -0.335 e. The SMILES string of the molecule is CC(=O)Nc1cccc(NC2=NCC(C3CC3)S2)c1. The number of hydrogen-bond acceptors (Lipinski definition) is 4. The van der Waals surface area contributed by atoms with Gasteiger partial charge in [-0.25, -0.2) is 0 Å². The van der Waals surface area contributed by atoms with Crippen molar-refractivity contribution in [1.29, 1.82) is 0 Å². The van der Waals surface area contributed by atoms with Crippen molar-refractivity contribution in [2.24, 2.45) is 10.9 Å². The Morgan fingerprint density at radius 1 is 1.37 bits per heavy atom. The molecular formula is C14H17N3OS. The molecular weight excluding hydrogens is 258 g/mol. The Hall–Kier alpha value is -1.49. The normalized spacial score (nSPS) is 21.9. The van der Waals surface area contributed by atoms with Gasteiger partial charge in [0.1, 0.15) is 0 Å². The standard InChI is InChI=1S/C14H17N3OS/c1-9(18)16-11-3-2-4-12(7-11)17-14-15-8-13(19-14)10-5-6-10/h2-4,7,10,13H,5-6,8H2,1H3,(H,15,17)(H,16,18). The molecule has 2 aliphatic rings. The summed E-state index contributed by atoms with van der Waals surface area (Å²) in [5, 5.41) is 7.77. The van der Waals surface area contributed by atoms with Gasteiger partial charge in [-0.15, -0.1) is 0 Å². The van der Waals surface area contributed by atoms with Crippen molar-refractivity contribution in [3.05, 3.63) is 24.3 Å². The van der Waals surface area contributed by atoms with E-state index < -0.39 is 0 Å². The number of rotatable bonds is 3. The van der Waals surface area contributed by atoms with E-state index in [1.54, 1.807) is 0 Å². The summed E-state index contributed by atoms with van der Waals surface area (Å²) in [6, 6.07) is 7.71. The van der Waals surface area contributed by atoms with Gasteiger partial charge in [-0.1, -0.05) is 17.8 Å². The molecule has 1 saturated carbocycles. The number of amides is 1. The lowest BCUT2D eigenvalue weighted by atomic mass is 10.3. The van der Waals surface area contributed by atoms with Crippen molar-refractivity contribution in [3.8, 4) is 0 Å². The summed E-state index contributed by atoms with van der Waals surface area (Å²) >= 11 is 1.85. The van der Waals surface area contributed by atoms with Crippen molar-refractivity contribution in [2.75, 3.05) is 17.2 Å². The molecule has 1 atom stereocenters. The lowest BCUT2D eigenvalue weighted by molar-refractivity contribution is -0.114. The van der Waals surface area contributed by atoms with Crippen molar-refractivity contribution in [1.82, 2.24) is 0 Å². The maximum Gasteiger partial charge on any atom is 0.221 e. The van der Waals surface area contributed by atoms with E-state index in [2.05, 4.69) is 15.6 Å². The van der Waals surface area contributed by atoms with Crippen molar-refractivity contribution in [2.45, 2.75) is 25.0 Å². The molecule has 0 saturated heterocycles. The first-order chi connectivity index (χ1) is 9.20. The Morgan fingerprint density at radius 3 is 2.89 bits per heavy atom. The summed E-state index contributed by atoms with van der Waals surface area (Å²) in [4.78, 5) is 15.6. The molecule has 3 rings (SSSR count). The van der Waals surface area contributed by atoms with Crippen LogP contribution in [-0.2, 0) is 4.79 Å². The molecule has 100 valence electrons. The van der Waals surface area contributed by atoms with Gasteiger partial charge in [0.05, 0.1) is 6.54 Å². The summed E-state index contributed by atoms with van der Waals surface area (Å²) in [5.74, 6) is 0.817. The van der Waals surface area contributed by atoms with Gasteiger partial charge in [0, 0.05) is 23.5 Å². The second-order valence-electron chi connectivity index (χ2n) is 5.03. The lowest BCUT2D eigenvalue weighted by Gasteiger charge is -2.09. The first-order valence-corrected chi connectivity index (χ1v) is 7.44. The van der Waals surface area contributed by atoms with E-state index in [1.165, 1.54) is 19.8 Å². The molecule has 1 aliphatic carbocycles. The fraction of sp³-hybridized carbons (Fsp3) is 0.429. The molecule has 1 fully saturated rings. The average molecular weight is 275 g/mol. The van der Waals surface area contributed by atoms with Gasteiger partial charge in [0.25, 0.3) is 0 Å². The lowest BCUT2D eigenvalue weighted by Crippen LogP contribution is -2.10. The Bertz CT molecular complexity index is 525. The molecule has 1 aromatic carbocycles. The number of hydrogen-bond donors (Lipinski definition) is 2. The van der Waals surface area contributed by atoms with E-state index in [1.807, 2.05) is 36.0 Å². The number of amidine groups is 1. The Kier molecular flexibility index (Phi) is 3.46. The fourth-order valence-corrected chi connectivity index (χ4v) is 3.40. The van der Waals surface area contributed by atoms with E-state index in [0.717, 1.165) is 29.0 Å². The minimum absolute atomic E-state index is 0.0569. The highest BCUT2D eigenvalue weighted by Crippen LogP contribution is 2.41. The Balaban J connectivity index is 1.61. The van der Waals surface area contributed by atoms with E-state index >= 15 is 0 Å². The predicted molar refractivity (Wildman–Crippen MR) is 80.8 cm³/mol. The van der Waals surface area contributed by atoms with E-state index in [4.69, 9.17) is 0 Å². The molecule has 1 unspecified atom stereocenters. The first-order valence-electron chi connectivity index (χ1n) is 6.56. The average Bonchev–Trinajstić information content (AvgIpc) is 3.10. The number of nitrogens with one attached hydrogen (secondary N) is 2. The number of thioether (sulfide) groups is 1. The zero-order valence-corrected chi connectivity index (χ0v) is 11.7. The Morgan fingerprint density at radius 2 is 2.16 bits per heavy atom. The van der Waals surface area contributed by atoms with Gasteiger partial charge < -0.3 is 10.6 Å². The molecule has 1 heterocycles. The Labute approximate surface area is 117 Å². The van der Waals surface area contributed by atoms with Gasteiger partial charge >= 0.3 is 0 Å². The molecule has 0 aromatic heterocycles. The van der Waals surface area contributed by atoms with Crippen LogP contribution in [0.1, 0.15) is 19.8 Å². The van der Waals surface area contributed by atoms with Crippen LogP contribution in [0.4, 0.5) is 11.4 Å². The zero-order valence-electron chi connectivity index (χ0n) is 10.8. The van der Waals surface area contributed by atoms with Crippen LogP contribution in [0.15, 0.2) is 29.3 Å². The number of nitrogens with zero attached hydrogens (tertiary/aromatic N) is 1. The van der Waals surface area contributed by atoms with Crippen LogP contribution in [0.5, 0.6) is 0 Å². The maximum absolute atomic E-state index is 11.0. The van der Waals surface area contributed by atoms with E-state index in [-0.39, 0.29) is 5.91 Å². The summed E-state index contributed by atoms with van der Waals surface area (Å²) in [5.41, 5.74) is 1.77. The third-order valence-corrected chi connectivity index (χ3v) is 4.55. The summed E-state index contributed by atoms with van der Waals surface area (Å²) in [7, 11) is 0. The highest BCUT2D eigenvalue weighted by Gasteiger charge is 2.35. The molecule has 2 N–H and O–H groups in total. The van der Waals surface area contributed by atoms with Crippen LogP contribution in [0.2, 0.25) is 0 Å². The van der Waals surface area contributed by atoms with Crippen LogP contribution < -0.4 is 10.6 Å². The molecule has 4 nitrogen and oxygen atoms in total.